The Bertz CT molecular complexity index is 830. The monoisotopic (exact) mass is 393 g/mol. The van der Waals surface area contributed by atoms with Crippen molar-refractivity contribution in [1.29, 1.82) is 0 Å². The summed E-state index contributed by atoms with van der Waals surface area (Å²) < 4.78 is 0. The van der Waals surface area contributed by atoms with E-state index in [2.05, 4.69) is 67.7 Å². The van der Waals surface area contributed by atoms with Gasteiger partial charge < -0.3 is 10.6 Å². The molecule has 1 amide bonds. The normalized spacial score (nSPS) is 17.3. The van der Waals surface area contributed by atoms with E-state index in [0.717, 1.165) is 30.4 Å². The van der Waals surface area contributed by atoms with Gasteiger partial charge in [-0.15, -0.1) is 0 Å². The smallest absolute Gasteiger partial charge is 0.212 e. The number of carbonyl (C=O) groups is 1. The fraction of sp³-hybridized carbons (Fsp3) is 0.440. The Labute approximate surface area is 175 Å². The van der Waals surface area contributed by atoms with E-state index >= 15 is 0 Å². The third-order valence-electron chi connectivity index (χ3n) is 5.30. The van der Waals surface area contributed by atoms with E-state index in [9.17, 15) is 4.79 Å². The van der Waals surface area contributed by atoms with Crippen molar-refractivity contribution in [3.8, 4) is 0 Å². The van der Waals surface area contributed by atoms with Crippen LogP contribution in [-0.4, -0.2) is 17.4 Å². The lowest BCUT2D eigenvalue weighted by atomic mass is 9.88. The van der Waals surface area contributed by atoms with Crippen LogP contribution in [0.15, 0.2) is 52.9 Å². The van der Waals surface area contributed by atoms with E-state index in [-0.39, 0.29) is 0 Å². The molecule has 0 saturated heterocycles. The van der Waals surface area contributed by atoms with Gasteiger partial charge in [0.2, 0.25) is 6.41 Å². The van der Waals surface area contributed by atoms with E-state index in [4.69, 9.17) is 0 Å². The van der Waals surface area contributed by atoms with Gasteiger partial charge in [0, 0.05) is 24.0 Å². The van der Waals surface area contributed by atoms with Gasteiger partial charge in [-0.2, -0.15) is 0 Å². The van der Waals surface area contributed by atoms with E-state index in [1.54, 1.807) is 0 Å². The molecule has 4 nitrogen and oxygen atoms in total. The van der Waals surface area contributed by atoms with Crippen molar-refractivity contribution in [3.63, 3.8) is 0 Å². The minimum absolute atomic E-state index is 0.414. The Balaban J connectivity index is 2.41. The average Bonchev–Trinajstić information content (AvgIpc) is 2.70. The van der Waals surface area contributed by atoms with Gasteiger partial charge in [0.05, 0.1) is 0 Å². The highest BCUT2D eigenvalue weighted by atomic mass is 16.1. The minimum Gasteiger partial charge on any atom is -0.384 e. The molecule has 0 saturated carbocycles. The summed E-state index contributed by atoms with van der Waals surface area (Å²) in [5, 5.41) is 6.20. The Kier molecular flexibility index (Phi) is 8.91. The Morgan fingerprint density at radius 3 is 2.69 bits per heavy atom. The zero-order valence-electron chi connectivity index (χ0n) is 18.5. The molecule has 0 aliphatic carbocycles. The topological polar surface area (TPSA) is 54.0 Å². The van der Waals surface area contributed by atoms with E-state index in [1.165, 1.54) is 35.1 Å². The standard InChI is InChI=1S/C25H35N3O/c1-6-8-10-18(3)23(14-21-15-27-25(28-17-29)13-19(21)4)24-16-26-22(11-9-7-2)12-20(24)5/h10,12-17,22,26H,6-9,11H2,1-5H3,(H,27,28,29)/b18-10+,23-14+. The van der Waals surface area contributed by atoms with Gasteiger partial charge in [-0.1, -0.05) is 45.3 Å². The molecule has 0 bridgehead atoms. The molecule has 1 aliphatic heterocycles. The average molecular weight is 394 g/mol. The maximum absolute atomic E-state index is 10.7. The Hall–Kier alpha value is -2.62. The number of anilines is 1. The molecular weight excluding hydrogens is 358 g/mol. The van der Waals surface area contributed by atoms with Crippen LogP contribution >= 0.6 is 0 Å². The summed E-state index contributed by atoms with van der Waals surface area (Å²) in [6, 6.07) is 2.32. The first-order chi connectivity index (χ1) is 14.0. The number of amides is 1. The third kappa shape index (κ3) is 6.45. The second kappa shape index (κ2) is 11.4. The highest BCUT2D eigenvalue weighted by molar-refractivity contribution is 5.73. The lowest BCUT2D eigenvalue weighted by molar-refractivity contribution is -0.105. The van der Waals surface area contributed by atoms with E-state index in [1.807, 2.05) is 19.2 Å². The molecule has 156 valence electrons. The number of pyridine rings is 1. The number of nitrogens with zero attached hydrogens (tertiary/aromatic N) is 1. The van der Waals surface area contributed by atoms with E-state index in [0.29, 0.717) is 18.3 Å². The lowest BCUT2D eigenvalue weighted by Crippen LogP contribution is -2.26. The molecule has 0 radical (unpaired) electrons. The Morgan fingerprint density at radius 2 is 2.07 bits per heavy atom. The first kappa shape index (κ1) is 22.7. The SMILES string of the molecule is CCC/C=C(C)/C(=C\c1cnc(NC=O)cc1C)C1=CNC(CCCC)C=C1C. The number of dihydropyridines is 1. The van der Waals surface area contributed by atoms with Crippen LogP contribution in [0.25, 0.3) is 6.08 Å². The van der Waals surface area contributed by atoms with Crippen molar-refractivity contribution >= 4 is 18.3 Å². The van der Waals surface area contributed by atoms with Gasteiger partial charge in [0.15, 0.2) is 0 Å². The fourth-order valence-electron chi connectivity index (χ4n) is 3.51. The third-order valence-corrected chi connectivity index (χ3v) is 5.30. The maximum atomic E-state index is 10.7. The summed E-state index contributed by atoms with van der Waals surface area (Å²) in [6.07, 6.45) is 17.3. The molecule has 1 atom stereocenters. The molecule has 4 heteroatoms. The number of hydrogen-bond acceptors (Lipinski definition) is 3. The predicted molar refractivity (Wildman–Crippen MR) is 124 cm³/mol. The van der Waals surface area contributed by atoms with Gasteiger partial charge in [-0.05, 0) is 73.6 Å². The lowest BCUT2D eigenvalue weighted by Gasteiger charge is -2.24. The van der Waals surface area contributed by atoms with Crippen molar-refractivity contribution < 1.29 is 4.79 Å². The summed E-state index contributed by atoms with van der Waals surface area (Å²) >= 11 is 0. The minimum atomic E-state index is 0.414. The van der Waals surface area contributed by atoms with Gasteiger partial charge in [-0.25, -0.2) is 4.98 Å². The van der Waals surface area contributed by atoms with Crippen LogP contribution in [0.3, 0.4) is 0 Å². The molecule has 0 fully saturated rings. The molecule has 29 heavy (non-hydrogen) atoms. The molecule has 1 unspecified atom stereocenters. The second-order valence-electron chi connectivity index (χ2n) is 7.75. The molecule has 1 aliphatic rings. The number of aryl methyl sites for hydroxylation is 1. The first-order valence-corrected chi connectivity index (χ1v) is 10.7. The van der Waals surface area contributed by atoms with Crippen molar-refractivity contribution in [1.82, 2.24) is 10.3 Å². The molecule has 1 aromatic rings. The molecule has 0 spiro atoms. The molecule has 2 heterocycles. The predicted octanol–water partition coefficient (Wildman–Crippen LogP) is 6.08. The maximum Gasteiger partial charge on any atom is 0.212 e. The quantitative estimate of drug-likeness (QED) is 0.374. The second-order valence-corrected chi connectivity index (χ2v) is 7.75. The largest absolute Gasteiger partial charge is 0.384 e. The van der Waals surface area contributed by atoms with Crippen molar-refractivity contribution in [2.75, 3.05) is 5.32 Å². The highest BCUT2D eigenvalue weighted by Crippen LogP contribution is 2.31. The van der Waals surface area contributed by atoms with Gasteiger partial charge in [0.25, 0.3) is 0 Å². The van der Waals surface area contributed by atoms with Crippen LogP contribution in [0, 0.1) is 6.92 Å². The van der Waals surface area contributed by atoms with Crippen LogP contribution in [0.2, 0.25) is 0 Å². The number of unbranched alkanes of at least 4 members (excludes halogenated alkanes) is 2. The number of carbonyl (C=O) groups excluding carboxylic acids is 1. The molecule has 2 rings (SSSR count). The summed E-state index contributed by atoms with van der Waals surface area (Å²) in [4.78, 5) is 15.0. The molecule has 0 aromatic carbocycles. The number of nitrogens with one attached hydrogen (secondary N) is 2. The molecule has 2 N–H and O–H groups in total. The van der Waals surface area contributed by atoms with Crippen LogP contribution in [0.5, 0.6) is 0 Å². The van der Waals surface area contributed by atoms with Gasteiger partial charge in [0.1, 0.15) is 5.82 Å². The van der Waals surface area contributed by atoms with Crippen molar-refractivity contribution in [2.45, 2.75) is 72.8 Å². The van der Waals surface area contributed by atoms with Crippen LogP contribution < -0.4 is 10.6 Å². The number of hydrogen-bond donors (Lipinski definition) is 2. The van der Waals surface area contributed by atoms with Crippen molar-refractivity contribution in [2.24, 2.45) is 0 Å². The van der Waals surface area contributed by atoms with Crippen LogP contribution in [0.1, 0.15) is 70.9 Å². The van der Waals surface area contributed by atoms with Crippen LogP contribution in [-0.2, 0) is 4.79 Å². The molecular formula is C25H35N3O. The summed E-state index contributed by atoms with van der Waals surface area (Å²) in [6.45, 7) is 10.9. The fourth-order valence-corrected chi connectivity index (χ4v) is 3.51. The van der Waals surface area contributed by atoms with E-state index < -0.39 is 0 Å². The number of rotatable bonds is 10. The first-order valence-electron chi connectivity index (χ1n) is 10.7. The molecule has 1 aromatic heterocycles. The number of aromatic nitrogens is 1. The summed E-state index contributed by atoms with van der Waals surface area (Å²) in [5.41, 5.74) is 7.17. The highest BCUT2D eigenvalue weighted by Gasteiger charge is 2.17. The van der Waals surface area contributed by atoms with Crippen molar-refractivity contribution in [3.05, 3.63) is 64.0 Å². The summed E-state index contributed by atoms with van der Waals surface area (Å²) in [5.74, 6) is 0.572. The number of allylic oxidation sites excluding steroid dienone is 5. The summed E-state index contributed by atoms with van der Waals surface area (Å²) in [7, 11) is 0. The van der Waals surface area contributed by atoms with Gasteiger partial charge >= 0.3 is 0 Å². The van der Waals surface area contributed by atoms with Gasteiger partial charge in [-0.3, -0.25) is 4.79 Å². The zero-order valence-corrected chi connectivity index (χ0v) is 18.5. The Morgan fingerprint density at radius 1 is 1.28 bits per heavy atom. The van der Waals surface area contributed by atoms with Crippen LogP contribution in [0.4, 0.5) is 5.82 Å². The zero-order chi connectivity index (χ0) is 21.2.